The van der Waals surface area contributed by atoms with E-state index < -0.39 is 0 Å². The van der Waals surface area contributed by atoms with E-state index >= 15 is 0 Å². The van der Waals surface area contributed by atoms with Gasteiger partial charge in [0.2, 0.25) is 0 Å². The number of hydrogen-bond acceptors (Lipinski definition) is 4. The Morgan fingerprint density at radius 3 is 3.12 bits per heavy atom. The lowest BCUT2D eigenvalue weighted by Crippen LogP contribution is -2.31. The quantitative estimate of drug-likeness (QED) is 0.836. The van der Waals surface area contributed by atoms with Gasteiger partial charge >= 0.3 is 0 Å². The summed E-state index contributed by atoms with van der Waals surface area (Å²) in [6, 6.07) is 1.61. The van der Waals surface area contributed by atoms with Crippen LogP contribution in [0.1, 0.15) is 29.1 Å². The molecule has 3 atom stereocenters. The summed E-state index contributed by atoms with van der Waals surface area (Å²) in [4.78, 5) is 5.63. The Bertz CT molecular complexity index is 363. The number of hydrogen-bond donors (Lipinski definition) is 2. The van der Waals surface area contributed by atoms with Crippen LogP contribution in [0, 0.1) is 12.8 Å². The summed E-state index contributed by atoms with van der Waals surface area (Å²) in [5.74, 6) is 0.854. The lowest BCUT2D eigenvalue weighted by Gasteiger charge is -2.20. The van der Waals surface area contributed by atoms with Gasteiger partial charge in [0.15, 0.2) is 0 Å². The molecule has 88 valence electrons. The highest BCUT2D eigenvalue weighted by atomic mass is 32.1. The molecular weight excluding hydrogens is 218 g/mol. The van der Waals surface area contributed by atoms with Crippen molar-refractivity contribution in [3.63, 3.8) is 0 Å². The Morgan fingerprint density at radius 1 is 1.56 bits per heavy atom. The molecular formula is C12H19N3S. The highest BCUT2D eigenvalue weighted by Crippen LogP contribution is 2.32. The van der Waals surface area contributed by atoms with E-state index in [1.807, 2.05) is 6.20 Å². The fourth-order valence-corrected chi connectivity index (χ4v) is 3.80. The van der Waals surface area contributed by atoms with Crippen LogP contribution in [0.25, 0.3) is 0 Å². The van der Waals surface area contributed by atoms with Gasteiger partial charge in [-0.05, 0) is 38.6 Å². The highest BCUT2D eigenvalue weighted by Gasteiger charge is 2.38. The molecule has 1 aromatic rings. The van der Waals surface area contributed by atoms with Crippen molar-refractivity contribution < 1.29 is 0 Å². The SMILES string of the molecule is Cc1ncc(CNCC2CC3CCC2N3)s1. The molecule has 0 amide bonds. The number of nitrogens with zero attached hydrogens (tertiary/aromatic N) is 1. The molecule has 3 rings (SSSR count). The Hall–Kier alpha value is -0.450. The first-order valence-corrected chi connectivity index (χ1v) is 7.01. The molecule has 2 saturated heterocycles. The molecule has 3 unspecified atom stereocenters. The van der Waals surface area contributed by atoms with Crippen molar-refractivity contribution in [1.82, 2.24) is 15.6 Å². The molecule has 0 saturated carbocycles. The standard InChI is InChI=1S/C12H19N3S/c1-8-14-7-11(16-8)6-13-5-9-4-10-2-3-12(9)15-10/h7,9-10,12-13,15H,2-6H2,1H3. The second kappa shape index (κ2) is 4.43. The third-order valence-corrected chi connectivity index (χ3v) is 4.72. The maximum absolute atomic E-state index is 4.27. The van der Waals surface area contributed by atoms with Gasteiger partial charge in [-0.25, -0.2) is 4.98 Å². The monoisotopic (exact) mass is 237 g/mol. The van der Waals surface area contributed by atoms with E-state index in [4.69, 9.17) is 0 Å². The summed E-state index contributed by atoms with van der Waals surface area (Å²) in [6.45, 7) is 4.21. The third kappa shape index (κ3) is 2.14. The van der Waals surface area contributed by atoms with Crippen molar-refractivity contribution in [3.05, 3.63) is 16.1 Å². The van der Waals surface area contributed by atoms with Crippen molar-refractivity contribution in [3.8, 4) is 0 Å². The number of aromatic nitrogens is 1. The average molecular weight is 237 g/mol. The molecule has 4 heteroatoms. The van der Waals surface area contributed by atoms with Crippen LogP contribution in [0.4, 0.5) is 0 Å². The second-order valence-corrected chi connectivity index (χ2v) is 6.34. The van der Waals surface area contributed by atoms with Crippen LogP contribution < -0.4 is 10.6 Å². The maximum atomic E-state index is 4.27. The molecule has 2 aliphatic heterocycles. The van der Waals surface area contributed by atoms with Gasteiger partial charge in [0.25, 0.3) is 0 Å². The Balaban J connectivity index is 1.44. The van der Waals surface area contributed by atoms with E-state index in [-0.39, 0.29) is 0 Å². The van der Waals surface area contributed by atoms with E-state index in [1.165, 1.54) is 29.1 Å². The molecule has 16 heavy (non-hydrogen) atoms. The minimum atomic E-state index is 0.792. The lowest BCUT2D eigenvalue weighted by atomic mass is 9.89. The second-order valence-electron chi connectivity index (χ2n) is 5.02. The van der Waals surface area contributed by atoms with Crippen LogP contribution in [0.5, 0.6) is 0 Å². The van der Waals surface area contributed by atoms with Crippen LogP contribution in [0.2, 0.25) is 0 Å². The van der Waals surface area contributed by atoms with Gasteiger partial charge < -0.3 is 10.6 Å². The molecule has 3 nitrogen and oxygen atoms in total. The first kappa shape index (κ1) is 10.7. The fraction of sp³-hybridized carbons (Fsp3) is 0.750. The molecule has 0 aromatic carbocycles. The van der Waals surface area contributed by atoms with E-state index in [0.29, 0.717) is 0 Å². The smallest absolute Gasteiger partial charge is 0.0897 e. The van der Waals surface area contributed by atoms with Gasteiger partial charge in [-0.2, -0.15) is 0 Å². The summed E-state index contributed by atoms with van der Waals surface area (Å²) in [6.07, 6.45) is 6.15. The fourth-order valence-electron chi connectivity index (χ4n) is 3.03. The zero-order chi connectivity index (χ0) is 11.0. The van der Waals surface area contributed by atoms with E-state index in [2.05, 4.69) is 22.5 Å². The van der Waals surface area contributed by atoms with Crippen molar-refractivity contribution in [2.75, 3.05) is 6.54 Å². The van der Waals surface area contributed by atoms with Crippen LogP contribution in [-0.2, 0) is 6.54 Å². The predicted molar refractivity (Wildman–Crippen MR) is 66.6 cm³/mol. The minimum Gasteiger partial charge on any atom is -0.311 e. The molecule has 2 aliphatic rings. The Kier molecular flexibility index (Phi) is 2.96. The lowest BCUT2D eigenvalue weighted by molar-refractivity contribution is 0.383. The van der Waals surface area contributed by atoms with Crippen molar-refractivity contribution >= 4 is 11.3 Å². The highest BCUT2D eigenvalue weighted by molar-refractivity contribution is 7.11. The van der Waals surface area contributed by atoms with Crippen molar-refractivity contribution in [2.24, 2.45) is 5.92 Å². The predicted octanol–water partition coefficient (Wildman–Crippen LogP) is 1.68. The van der Waals surface area contributed by atoms with Crippen molar-refractivity contribution in [1.29, 1.82) is 0 Å². The van der Waals surface area contributed by atoms with Gasteiger partial charge in [0.1, 0.15) is 0 Å². The van der Waals surface area contributed by atoms with Crippen LogP contribution in [0.3, 0.4) is 0 Å². The molecule has 2 bridgehead atoms. The topological polar surface area (TPSA) is 37.0 Å². The zero-order valence-corrected chi connectivity index (χ0v) is 10.5. The summed E-state index contributed by atoms with van der Waals surface area (Å²) in [5, 5.41) is 8.42. The molecule has 3 heterocycles. The van der Waals surface area contributed by atoms with Crippen LogP contribution >= 0.6 is 11.3 Å². The van der Waals surface area contributed by atoms with Gasteiger partial charge in [-0.1, -0.05) is 0 Å². The summed E-state index contributed by atoms with van der Waals surface area (Å²) in [5.41, 5.74) is 0. The maximum Gasteiger partial charge on any atom is 0.0897 e. The average Bonchev–Trinajstić information content (AvgIpc) is 2.94. The minimum absolute atomic E-state index is 0.792. The molecule has 0 aliphatic carbocycles. The van der Waals surface area contributed by atoms with Gasteiger partial charge in [-0.3, -0.25) is 0 Å². The number of fused-ring (bicyclic) bond motifs is 2. The van der Waals surface area contributed by atoms with Crippen molar-refractivity contribution in [2.45, 2.75) is 44.8 Å². The number of nitrogens with one attached hydrogen (secondary N) is 2. The normalized spacial score (nSPS) is 32.4. The first-order valence-electron chi connectivity index (χ1n) is 6.19. The first-order chi connectivity index (χ1) is 7.81. The number of aryl methyl sites for hydroxylation is 1. The van der Waals surface area contributed by atoms with Crippen LogP contribution in [-0.4, -0.2) is 23.6 Å². The largest absolute Gasteiger partial charge is 0.311 e. The molecule has 0 radical (unpaired) electrons. The number of thiazole rings is 1. The summed E-state index contributed by atoms with van der Waals surface area (Å²) < 4.78 is 0. The van der Waals surface area contributed by atoms with E-state index in [1.54, 1.807) is 11.3 Å². The van der Waals surface area contributed by atoms with Gasteiger partial charge in [0, 0.05) is 29.7 Å². The summed E-state index contributed by atoms with van der Waals surface area (Å²) in [7, 11) is 0. The van der Waals surface area contributed by atoms with E-state index in [9.17, 15) is 0 Å². The molecule has 1 aromatic heterocycles. The van der Waals surface area contributed by atoms with Gasteiger partial charge in [0.05, 0.1) is 5.01 Å². The number of rotatable bonds is 4. The molecule has 2 fully saturated rings. The molecule has 0 spiro atoms. The Morgan fingerprint density at radius 2 is 2.50 bits per heavy atom. The Labute approximate surface area is 101 Å². The van der Waals surface area contributed by atoms with Gasteiger partial charge in [-0.15, -0.1) is 11.3 Å². The van der Waals surface area contributed by atoms with Crippen LogP contribution in [0.15, 0.2) is 6.20 Å². The van der Waals surface area contributed by atoms with E-state index in [0.717, 1.165) is 31.1 Å². The zero-order valence-electron chi connectivity index (χ0n) is 9.70. The third-order valence-electron chi connectivity index (χ3n) is 3.81. The summed E-state index contributed by atoms with van der Waals surface area (Å²) >= 11 is 1.80. The molecule has 2 N–H and O–H groups in total.